The number of fused-ring (bicyclic) bond motifs is 1. The van der Waals surface area contributed by atoms with Crippen LogP contribution in [0.1, 0.15) is 38.7 Å². The minimum atomic E-state index is -0.0918. The van der Waals surface area contributed by atoms with Crippen LogP contribution in [-0.4, -0.2) is 21.4 Å². The summed E-state index contributed by atoms with van der Waals surface area (Å²) in [5.41, 5.74) is 3.11. The largest absolute Gasteiger partial charge is 0.504 e. The van der Waals surface area contributed by atoms with E-state index in [1.165, 1.54) is 24.5 Å². The van der Waals surface area contributed by atoms with E-state index in [-0.39, 0.29) is 17.6 Å². The quantitative estimate of drug-likeness (QED) is 0.654. The summed E-state index contributed by atoms with van der Waals surface area (Å²) in [6, 6.07) is 12.8. The Labute approximate surface area is 144 Å². The highest BCUT2D eigenvalue weighted by atomic mass is 16.3. The van der Waals surface area contributed by atoms with Gasteiger partial charge in [-0.3, -0.25) is 0 Å². The Morgan fingerprint density at radius 1 is 0.833 bits per heavy atom. The number of phenols is 2. The molecule has 0 heterocycles. The van der Waals surface area contributed by atoms with Crippen LogP contribution in [0.5, 0.6) is 11.5 Å². The number of hydrogen-bond acceptors (Lipinski definition) is 3. The van der Waals surface area contributed by atoms with Gasteiger partial charge in [-0.2, -0.15) is 0 Å². The van der Waals surface area contributed by atoms with Crippen LogP contribution >= 0.6 is 0 Å². The topological polar surface area (TPSA) is 60.7 Å². The molecular weight excluding hydrogens is 300 g/mol. The molecule has 2 fully saturated rings. The molecule has 0 spiro atoms. The first-order valence-electron chi connectivity index (χ1n) is 8.81. The Balaban J connectivity index is 0.000000191. The number of phenolic OH excluding ortho intramolecular Hbond substituents is 2. The van der Waals surface area contributed by atoms with Gasteiger partial charge >= 0.3 is 0 Å². The maximum atomic E-state index is 9.37. The van der Waals surface area contributed by atoms with Crippen LogP contribution in [0, 0.1) is 18.8 Å². The number of benzene rings is 2. The van der Waals surface area contributed by atoms with Crippen molar-refractivity contribution in [2.75, 3.05) is 0 Å². The fraction of sp³-hybridized carbons (Fsp3) is 0.429. The number of aromatic hydroxyl groups is 2. The van der Waals surface area contributed by atoms with Crippen LogP contribution in [0.3, 0.4) is 0 Å². The van der Waals surface area contributed by atoms with Crippen LogP contribution < -0.4 is 0 Å². The van der Waals surface area contributed by atoms with E-state index in [0.29, 0.717) is 0 Å². The molecule has 0 saturated heterocycles. The van der Waals surface area contributed by atoms with Crippen molar-refractivity contribution >= 4 is 0 Å². The third-order valence-corrected chi connectivity index (χ3v) is 4.67. The molecule has 3 unspecified atom stereocenters. The average Bonchev–Trinajstić information content (AvgIpc) is 3.30. The summed E-state index contributed by atoms with van der Waals surface area (Å²) in [6.45, 7) is 6.03. The lowest BCUT2D eigenvalue weighted by Gasteiger charge is -2.04. The molecule has 2 aliphatic carbocycles. The molecule has 2 saturated carbocycles. The first-order valence-corrected chi connectivity index (χ1v) is 8.81. The van der Waals surface area contributed by atoms with Gasteiger partial charge in [-0.25, -0.2) is 0 Å². The number of rotatable bonds is 1. The second kappa shape index (κ2) is 8.20. The van der Waals surface area contributed by atoms with Crippen molar-refractivity contribution in [2.45, 2.75) is 46.1 Å². The van der Waals surface area contributed by atoms with Gasteiger partial charge in [0.2, 0.25) is 0 Å². The van der Waals surface area contributed by atoms with Crippen molar-refractivity contribution < 1.29 is 15.3 Å². The molecule has 3 N–H and O–H groups in total. The van der Waals surface area contributed by atoms with E-state index in [4.69, 9.17) is 5.11 Å². The van der Waals surface area contributed by atoms with Gasteiger partial charge in [-0.15, -0.1) is 0 Å². The summed E-state index contributed by atoms with van der Waals surface area (Å²) in [4.78, 5) is 0. The Hall–Kier alpha value is -2.00. The fourth-order valence-electron chi connectivity index (χ4n) is 3.12. The van der Waals surface area contributed by atoms with E-state index in [1.807, 2.05) is 45.0 Å². The van der Waals surface area contributed by atoms with Crippen LogP contribution in [0.25, 0.3) is 11.1 Å². The van der Waals surface area contributed by atoms with Crippen molar-refractivity contribution in [3.63, 3.8) is 0 Å². The molecular formula is C21H28O3. The third-order valence-electron chi connectivity index (χ3n) is 4.67. The van der Waals surface area contributed by atoms with Crippen molar-refractivity contribution in [1.82, 2.24) is 0 Å². The molecule has 3 atom stereocenters. The SMILES string of the molecule is CC.Cc1ccc(-c2ccc(O)c(O)c2)cc1.OC1CCC2CC12. The maximum Gasteiger partial charge on any atom is 0.158 e. The van der Waals surface area contributed by atoms with E-state index in [9.17, 15) is 10.2 Å². The number of aliphatic hydroxyl groups excluding tert-OH is 1. The molecule has 0 aromatic heterocycles. The van der Waals surface area contributed by atoms with Crippen molar-refractivity contribution in [3.8, 4) is 22.6 Å². The van der Waals surface area contributed by atoms with Gasteiger partial charge in [0, 0.05) is 0 Å². The van der Waals surface area contributed by atoms with Crippen LogP contribution in [0.2, 0.25) is 0 Å². The lowest BCUT2D eigenvalue weighted by Crippen LogP contribution is -2.02. The molecule has 0 radical (unpaired) electrons. The number of hydrogen-bond donors (Lipinski definition) is 3. The molecule has 24 heavy (non-hydrogen) atoms. The summed E-state index contributed by atoms with van der Waals surface area (Å²) in [5.74, 6) is 1.49. The lowest BCUT2D eigenvalue weighted by atomic mass is 10.0. The molecule has 130 valence electrons. The first-order chi connectivity index (χ1) is 11.5. The van der Waals surface area contributed by atoms with E-state index < -0.39 is 0 Å². The molecule has 2 aromatic carbocycles. The third kappa shape index (κ3) is 4.51. The summed E-state index contributed by atoms with van der Waals surface area (Å²) in [6.07, 6.45) is 3.78. The minimum absolute atomic E-state index is 0.0880. The summed E-state index contributed by atoms with van der Waals surface area (Å²) in [7, 11) is 0. The van der Waals surface area contributed by atoms with Gasteiger partial charge in [-0.05, 0) is 61.3 Å². The predicted octanol–water partition coefficient (Wildman–Crippen LogP) is 4.88. The molecule has 4 rings (SSSR count). The second-order valence-corrected chi connectivity index (χ2v) is 6.37. The van der Waals surface area contributed by atoms with Gasteiger partial charge in [-0.1, -0.05) is 49.7 Å². The molecule has 3 nitrogen and oxygen atoms in total. The summed E-state index contributed by atoms with van der Waals surface area (Å²) < 4.78 is 0. The number of aryl methyl sites for hydroxylation is 1. The zero-order valence-electron chi connectivity index (χ0n) is 14.7. The molecule has 3 heteroatoms. The van der Waals surface area contributed by atoms with Gasteiger partial charge in [0.25, 0.3) is 0 Å². The Morgan fingerprint density at radius 2 is 1.46 bits per heavy atom. The normalized spacial score (nSPS) is 23.2. The molecule has 2 aromatic rings. The smallest absolute Gasteiger partial charge is 0.158 e. The van der Waals surface area contributed by atoms with E-state index >= 15 is 0 Å². The van der Waals surface area contributed by atoms with E-state index in [1.54, 1.807) is 12.1 Å². The van der Waals surface area contributed by atoms with Crippen molar-refractivity contribution in [3.05, 3.63) is 48.0 Å². The fourth-order valence-corrected chi connectivity index (χ4v) is 3.12. The van der Waals surface area contributed by atoms with Gasteiger partial charge < -0.3 is 15.3 Å². The highest BCUT2D eigenvalue weighted by Gasteiger charge is 2.47. The van der Waals surface area contributed by atoms with Gasteiger partial charge in [0.05, 0.1) is 6.10 Å². The van der Waals surface area contributed by atoms with Crippen LogP contribution in [0.4, 0.5) is 0 Å². The zero-order chi connectivity index (χ0) is 17.7. The Morgan fingerprint density at radius 3 is 1.88 bits per heavy atom. The summed E-state index contributed by atoms with van der Waals surface area (Å²) in [5, 5.41) is 27.6. The van der Waals surface area contributed by atoms with Crippen LogP contribution in [0.15, 0.2) is 42.5 Å². The highest BCUT2D eigenvalue weighted by Crippen LogP contribution is 2.51. The van der Waals surface area contributed by atoms with E-state index in [0.717, 1.165) is 29.4 Å². The predicted molar refractivity (Wildman–Crippen MR) is 98.1 cm³/mol. The van der Waals surface area contributed by atoms with Gasteiger partial charge in [0.15, 0.2) is 11.5 Å². The first kappa shape index (κ1) is 18.3. The second-order valence-electron chi connectivity index (χ2n) is 6.37. The number of aliphatic hydroxyl groups is 1. The molecule has 0 amide bonds. The zero-order valence-corrected chi connectivity index (χ0v) is 14.7. The standard InChI is InChI=1S/C13H12O2.C6H10O.C2H6/c1-9-2-4-10(5-3-9)11-6-7-12(14)13(15)8-11;7-6-2-1-4-3-5(4)6;1-2/h2-8,14-15H,1H3;4-7H,1-3H2;1-2H3. The highest BCUT2D eigenvalue weighted by molar-refractivity contribution is 5.66. The van der Waals surface area contributed by atoms with E-state index in [2.05, 4.69) is 0 Å². The lowest BCUT2D eigenvalue weighted by molar-refractivity contribution is 0.159. The van der Waals surface area contributed by atoms with Crippen molar-refractivity contribution in [2.24, 2.45) is 11.8 Å². The monoisotopic (exact) mass is 328 g/mol. The Kier molecular flexibility index (Phi) is 6.27. The average molecular weight is 328 g/mol. The summed E-state index contributed by atoms with van der Waals surface area (Å²) >= 11 is 0. The minimum Gasteiger partial charge on any atom is -0.504 e. The van der Waals surface area contributed by atoms with Crippen molar-refractivity contribution in [1.29, 1.82) is 0 Å². The molecule has 0 bridgehead atoms. The van der Waals surface area contributed by atoms with Gasteiger partial charge in [0.1, 0.15) is 0 Å². The molecule has 0 aliphatic heterocycles. The van der Waals surface area contributed by atoms with Crippen LogP contribution in [-0.2, 0) is 0 Å². The molecule has 2 aliphatic rings. The maximum absolute atomic E-state index is 9.37. The Bertz CT molecular complexity index is 649.